The Balaban J connectivity index is 1.87. The minimum atomic E-state index is 0.0970. The van der Waals surface area contributed by atoms with Crippen molar-refractivity contribution in [3.8, 4) is 17.0 Å². The van der Waals surface area contributed by atoms with Crippen LogP contribution in [0.1, 0.15) is 25.3 Å². The predicted octanol–water partition coefficient (Wildman–Crippen LogP) is 4.44. The summed E-state index contributed by atoms with van der Waals surface area (Å²) in [4.78, 5) is 19.4. The number of ether oxygens (including phenoxy) is 1. The fourth-order valence-corrected chi connectivity index (χ4v) is 4.09. The molecule has 4 rings (SSSR count). The van der Waals surface area contributed by atoms with E-state index in [0.29, 0.717) is 23.6 Å². The summed E-state index contributed by atoms with van der Waals surface area (Å²) < 4.78 is 5.33. The monoisotopic (exact) mass is 362 g/mol. The molecule has 0 saturated carbocycles. The zero-order chi connectivity index (χ0) is 18.8. The van der Waals surface area contributed by atoms with Crippen LogP contribution < -0.4 is 10.2 Å². The first-order chi connectivity index (χ1) is 13.2. The first-order valence-electron chi connectivity index (χ1n) is 9.66. The molecule has 1 N–H and O–H groups in total. The Morgan fingerprint density at radius 3 is 2.74 bits per heavy atom. The van der Waals surface area contributed by atoms with Crippen molar-refractivity contribution in [3.05, 3.63) is 64.3 Å². The molecule has 1 aliphatic rings. The van der Waals surface area contributed by atoms with Gasteiger partial charge in [0.25, 0.3) is 0 Å². The van der Waals surface area contributed by atoms with E-state index >= 15 is 0 Å². The van der Waals surface area contributed by atoms with E-state index in [4.69, 9.17) is 4.74 Å². The summed E-state index contributed by atoms with van der Waals surface area (Å²) in [5.41, 5.74) is 3.76. The van der Waals surface area contributed by atoms with Crippen molar-refractivity contribution in [1.29, 1.82) is 0 Å². The number of rotatable bonds is 4. The zero-order valence-corrected chi connectivity index (χ0v) is 16.0. The molecule has 0 spiro atoms. The van der Waals surface area contributed by atoms with Crippen LogP contribution in [-0.4, -0.2) is 30.1 Å². The van der Waals surface area contributed by atoms with Crippen molar-refractivity contribution >= 4 is 10.9 Å². The zero-order valence-electron chi connectivity index (χ0n) is 16.0. The molecule has 140 valence electrons. The molecule has 1 atom stereocenters. The van der Waals surface area contributed by atoms with Crippen LogP contribution in [0.2, 0.25) is 0 Å². The van der Waals surface area contributed by atoms with Gasteiger partial charge in [-0.05, 0) is 49.1 Å². The van der Waals surface area contributed by atoms with Crippen LogP contribution in [-0.2, 0) is 6.54 Å². The van der Waals surface area contributed by atoms with E-state index in [1.807, 2.05) is 36.4 Å². The molecule has 0 aliphatic carbocycles. The third kappa shape index (κ3) is 3.62. The van der Waals surface area contributed by atoms with Crippen molar-refractivity contribution in [3.63, 3.8) is 0 Å². The van der Waals surface area contributed by atoms with Gasteiger partial charge in [-0.3, -0.25) is 9.69 Å². The minimum Gasteiger partial charge on any atom is -0.497 e. The van der Waals surface area contributed by atoms with Gasteiger partial charge >= 0.3 is 0 Å². The number of nitrogens with one attached hydrogen (secondary N) is 1. The highest BCUT2D eigenvalue weighted by atomic mass is 16.5. The summed E-state index contributed by atoms with van der Waals surface area (Å²) in [5, 5.41) is 0.689. The van der Waals surface area contributed by atoms with Gasteiger partial charge in [0, 0.05) is 24.0 Å². The molecule has 2 heterocycles. The summed E-state index contributed by atoms with van der Waals surface area (Å²) in [6, 6.07) is 15.8. The summed E-state index contributed by atoms with van der Waals surface area (Å²) in [6.45, 7) is 5.06. The van der Waals surface area contributed by atoms with E-state index in [0.717, 1.165) is 35.4 Å². The van der Waals surface area contributed by atoms with E-state index in [1.54, 1.807) is 7.11 Å². The minimum absolute atomic E-state index is 0.0970. The second-order valence-corrected chi connectivity index (χ2v) is 7.57. The maximum Gasteiger partial charge on any atom is 0.194 e. The van der Waals surface area contributed by atoms with Gasteiger partial charge < -0.3 is 9.72 Å². The number of fused-ring (bicyclic) bond motifs is 1. The summed E-state index contributed by atoms with van der Waals surface area (Å²) in [7, 11) is 1.63. The van der Waals surface area contributed by atoms with E-state index in [-0.39, 0.29) is 5.43 Å². The quantitative estimate of drug-likeness (QED) is 0.746. The number of piperidine rings is 1. The number of benzene rings is 2. The largest absolute Gasteiger partial charge is 0.497 e. The van der Waals surface area contributed by atoms with Gasteiger partial charge in [-0.1, -0.05) is 37.3 Å². The van der Waals surface area contributed by atoms with E-state index in [2.05, 4.69) is 28.9 Å². The summed E-state index contributed by atoms with van der Waals surface area (Å²) in [5.74, 6) is 1.39. The van der Waals surface area contributed by atoms with Gasteiger partial charge in [0.15, 0.2) is 5.43 Å². The first-order valence-corrected chi connectivity index (χ1v) is 9.66. The third-order valence-corrected chi connectivity index (χ3v) is 5.49. The SMILES string of the molecule is COc1ccc2[nH]c(-c3ccccc3)c(CN3CCC[C@@H](C)C3)c(=O)c2c1. The molecule has 0 radical (unpaired) electrons. The number of aromatic amines is 1. The van der Waals surface area contributed by atoms with Crippen LogP contribution in [0.3, 0.4) is 0 Å². The predicted molar refractivity (Wildman–Crippen MR) is 110 cm³/mol. The highest BCUT2D eigenvalue weighted by Gasteiger charge is 2.21. The van der Waals surface area contributed by atoms with Crippen LogP contribution >= 0.6 is 0 Å². The van der Waals surface area contributed by atoms with Crippen molar-refractivity contribution in [2.75, 3.05) is 20.2 Å². The Bertz CT molecular complexity index is 994. The maximum absolute atomic E-state index is 13.4. The fourth-order valence-electron chi connectivity index (χ4n) is 4.09. The number of hydrogen-bond donors (Lipinski definition) is 1. The lowest BCUT2D eigenvalue weighted by Gasteiger charge is -2.31. The molecule has 0 bridgehead atoms. The van der Waals surface area contributed by atoms with Gasteiger partial charge in [-0.2, -0.15) is 0 Å². The van der Waals surface area contributed by atoms with Gasteiger partial charge in [-0.15, -0.1) is 0 Å². The number of nitrogens with zero attached hydrogens (tertiary/aromatic N) is 1. The van der Waals surface area contributed by atoms with Gasteiger partial charge in [0.1, 0.15) is 5.75 Å². The number of hydrogen-bond acceptors (Lipinski definition) is 3. The van der Waals surface area contributed by atoms with Crippen molar-refractivity contribution in [2.24, 2.45) is 5.92 Å². The van der Waals surface area contributed by atoms with Crippen molar-refractivity contribution < 1.29 is 4.74 Å². The molecule has 4 nitrogen and oxygen atoms in total. The highest BCUT2D eigenvalue weighted by molar-refractivity contribution is 5.84. The molecule has 4 heteroatoms. The standard InChI is InChI=1S/C23H26N2O2/c1-16-7-6-12-25(14-16)15-20-22(17-8-4-3-5-9-17)24-21-11-10-18(27-2)13-19(21)23(20)26/h3-5,8-11,13,16H,6-7,12,14-15H2,1-2H3,(H,24,26)/t16-/m1/s1. The lowest BCUT2D eigenvalue weighted by molar-refractivity contribution is 0.176. The van der Waals surface area contributed by atoms with Crippen LogP contribution in [0.15, 0.2) is 53.3 Å². The molecule has 27 heavy (non-hydrogen) atoms. The molecular weight excluding hydrogens is 336 g/mol. The molecule has 0 unspecified atom stereocenters. The molecular formula is C23H26N2O2. The highest BCUT2D eigenvalue weighted by Crippen LogP contribution is 2.26. The summed E-state index contributed by atoms with van der Waals surface area (Å²) >= 11 is 0. The fraction of sp³-hybridized carbons (Fsp3) is 0.348. The molecule has 1 saturated heterocycles. The first kappa shape index (κ1) is 17.8. The lowest BCUT2D eigenvalue weighted by Crippen LogP contribution is -2.35. The molecule has 1 aromatic heterocycles. The number of pyridine rings is 1. The molecule has 1 aliphatic heterocycles. The Labute approximate surface area is 159 Å². The second-order valence-electron chi connectivity index (χ2n) is 7.57. The van der Waals surface area contributed by atoms with Crippen LogP contribution in [0.5, 0.6) is 5.75 Å². The number of H-pyrrole nitrogens is 1. The average molecular weight is 362 g/mol. The molecule has 3 aromatic rings. The second kappa shape index (κ2) is 7.57. The van der Waals surface area contributed by atoms with Crippen LogP contribution in [0, 0.1) is 5.92 Å². The Morgan fingerprint density at radius 1 is 1.19 bits per heavy atom. The smallest absolute Gasteiger partial charge is 0.194 e. The Morgan fingerprint density at radius 2 is 2.00 bits per heavy atom. The van der Waals surface area contributed by atoms with Crippen molar-refractivity contribution in [1.82, 2.24) is 9.88 Å². The Kier molecular flexibility index (Phi) is 4.99. The lowest BCUT2D eigenvalue weighted by atomic mass is 9.98. The van der Waals surface area contributed by atoms with Gasteiger partial charge in [0.2, 0.25) is 0 Å². The van der Waals surface area contributed by atoms with Gasteiger partial charge in [0.05, 0.1) is 18.3 Å². The average Bonchev–Trinajstić information content (AvgIpc) is 2.70. The Hall–Kier alpha value is -2.59. The number of likely N-dealkylation sites (tertiary alicyclic amines) is 1. The number of aromatic nitrogens is 1. The molecule has 0 amide bonds. The van der Waals surface area contributed by atoms with Crippen LogP contribution in [0.4, 0.5) is 0 Å². The molecule has 2 aromatic carbocycles. The van der Waals surface area contributed by atoms with E-state index in [9.17, 15) is 4.79 Å². The summed E-state index contributed by atoms with van der Waals surface area (Å²) in [6.07, 6.45) is 2.47. The maximum atomic E-state index is 13.4. The normalized spacial score (nSPS) is 17.9. The topological polar surface area (TPSA) is 45.3 Å². The third-order valence-electron chi connectivity index (χ3n) is 5.49. The van der Waals surface area contributed by atoms with Crippen LogP contribution in [0.25, 0.3) is 22.2 Å². The number of methoxy groups -OCH3 is 1. The molecule has 1 fully saturated rings. The van der Waals surface area contributed by atoms with Gasteiger partial charge in [-0.25, -0.2) is 0 Å². The van der Waals surface area contributed by atoms with Crippen molar-refractivity contribution in [2.45, 2.75) is 26.3 Å². The van der Waals surface area contributed by atoms with E-state index in [1.165, 1.54) is 12.8 Å². The van der Waals surface area contributed by atoms with E-state index < -0.39 is 0 Å².